The minimum Gasteiger partial charge on any atom is -0.480 e. The minimum atomic E-state index is -1.04. The molecule has 2 rings (SSSR count). The van der Waals surface area contributed by atoms with E-state index >= 15 is 0 Å². The zero-order valence-electron chi connectivity index (χ0n) is 13.8. The van der Waals surface area contributed by atoms with E-state index in [9.17, 15) is 19.5 Å². The van der Waals surface area contributed by atoms with Crippen molar-refractivity contribution in [1.82, 2.24) is 5.32 Å². The van der Waals surface area contributed by atoms with Gasteiger partial charge in [0.25, 0.3) is 0 Å². The number of benzene rings is 1. The molecular weight excluding hydrogens is 328 g/mol. The van der Waals surface area contributed by atoms with Gasteiger partial charge in [-0.2, -0.15) is 11.8 Å². The molecular formula is C17H22N2O4S. The number of nitrogens with zero attached hydrogens (tertiary/aromatic N) is 1. The highest BCUT2D eigenvalue weighted by Gasteiger charge is 2.36. The minimum absolute atomic E-state index is 0.106. The number of carbonyl (C=O) groups is 3. The van der Waals surface area contributed by atoms with Gasteiger partial charge in [-0.25, -0.2) is 4.79 Å². The second-order valence-corrected chi connectivity index (χ2v) is 6.91. The summed E-state index contributed by atoms with van der Waals surface area (Å²) in [4.78, 5) is 37.4. The summed E-state index contributed by atoms with van der Waals surface area (Å²) < 4.78 is 0. The van der Waals surface area contributed by atoms with Gasteiger partial charge in [-0.05, 0) is 37.5 Å². The zero-order chi connectivity index (χ0) is 17.7. The molecule has 0 radical (unpaired) electrons. The van der Waals surface area contributed by atoms with Gasteiger partial charge in [-0.3, -0.25) is 9.59 Å². The van der Waals surface area contributed by atoms with Crippen molar-refractivity contribution in [2.75, 3.05) is 23.5 Å². The molecule has 2 unspecified atom stereocenters. The first-order chi connectivity index (χ1) is 11.4. The number of anilines is 1. The van der Waals surface area contributed by atoms with Gasteiger partial charge in [0.15, 0.2) is 0 Å². The fourth-order valence-corrected chi connectivity index (χ4v) is 3.11. The van der Waals surface area contributed by atoms with E-state index in [1.807, 2.05) is 37.4 Å². The van der Waals surface area contributed by atoms with E-state index < -0.39 is 17.9 Å². The van der Waals surface area contributed by atoms with Crippen molar-refractivity contribution < 1.29 is 19.5 Å². The average molecular weight is 350 g/mol. The maximum Gasteiger partial charge on any atom is 0.326 e. The number of carboxylic acid groups (broad SMARTS) is 1. The van der Waals surface area contributed by atoms with Crippen molar-refractivity contribution in [3.8, 4) is 0 Å². The average Bonchev–Trinajstić information content (AvgIpc) is 2.93. The molecule has 0 aromatic heterocycles. The summed E-state index contributed by atoms with van der Waals surface area (Å²) in [5, 5.41) is 11.8. The van der Waals surface area contributed by atoms with Gasteiger partial charge in [0.05, 0.1) is 5.92 Å². The van der Waals surface area contributed by atoms with Crippen molar-refractivity contribution >= 4 is 35.2 Å². The van der Waals surface area contributed by atoms with E-state index in [4.69, 9.17) is 0 Å². The lowest BCUT2D eigenvalue weighted by molar-refractivity contribution is -0.142. The Kier molecular flexibility index (Phi) is 6.25. The number of hydrogen-bond acceptors (Lipinski definition) is 4. The summed E-state index contributed by atoms with van der Waals surface area (Å²) in [7, 11) is 0. The summed E-state index contributed by atoms with van der Waals surface area (Å²) >= 11 is 1.53. The molecule has 1 aromatic carbocycles. The third-order valence-electron chi connectivity index (χ3n) is 4.07. The topological polar surface area (TPSA) is 86.7 Å². The molecule has 130 valence electrons. The number of carboxylic acids is 1. The predicted octanol–water partition coefficient (Wildman–Crippen LogP) is 1.67. The van der Waals surface area contributed by atoms with Crippen molar-refractivity contribution in [2.45, 2.75) is 25.8 Å². The van der Waals surface area contributed by atoms with E-state index in [1.54, 1.807) is 4.90 Å². The van der Waals surface area contributed by atoms with Gasteiger partial charge in [0, 0.05) is 18.7 Å². The summed E-state index contributed by atoms with van der Waals surface area (Å²) in [6, 6.07) is 6.63. The molecule has 2 amide bonds. The summed E-state index contributed by atoms with van der Waals surface area (Å²) in [6.45, 7) is 2.25. The Morgan fingerprint density at radius 3 is 2.62 bits per heavy atom. The maximum absolute atomic E-state index is 12.3. The van der Waals surface area contributed by atoms with Gasteiger partial charge in [-0.15, -0.1) is 0 Å². The van der Waals surface area contributed by atoms with Crippen LogP contribution in [0.2, 0.25) is 0 Å². The first kappa shape index (κ1) is 18.3. The normalized spacial score (nSPS) is 18.5. The molecule has 1 aromatic rings. The van der Waals surface area contributed by atoms with Crippen LogP contribution in [0.3, 0.4) is 0 Å². The smallest absolute Gasteiger partial charge is 0.326 e. The van der Waals surface area contributed by atoms with Crippen LogP contribution in [0.5, 0.6) is 0 Å². The molecule has 0 saturated carbocycles. The molecule has 0 aliphatic carbocycles. The van der Waals surface area contributed by atoms with Crippen LogP contribution in [0.4, 0.5) is 5.69 Å². The molecule has 0 bridgehead atoms. The van der Waals surface area contributed by atoms with Crippen molar-refractivity contribution in [2.24, 2.45) is 5.92 Å². The Labute approximate surface area is 145 Å². The number of amides is 2. The van der Waals surface area contributed by atoms with Gasteiger partial charge >= 0.3 is 5.97 Å². The molecule has 2 N–H and O–H groups in total. The largest absolute Gasteiger partial charge is 0.480 e. The Morgan fingerprint density at radius 1 is 1.38 bits per heavy atom. The molecule has 24 heavy (non-hydrogen) atoms. The van der Waals surface area contributed by atoms with E-state index in [2.05, 4.69) is 5.32 Å². The van der Waals surface area contributed by atoms with E-state index in [1.165, 1.54) is 11.8 Å². The molecule has 6 nitrogen and oxygen atoms in total. The number of rotatable bonds is 7. The number of thioether (sulfide) groups is 1. The van der Waals surface area contributed by atoms with Crippen LogP contribution in [-0.2, 0) is 14.4 Å². The highest BCUT2D eigenvalue weighted by atomic mass is 32.2. The molecule has 1 aliphatic heterocycles. The quantitative estimate of drug-likeness (QED) is 0.781. The number of aliphatic carboxylic acids is 1. The monoisotopic (exact) mass is 350 g/mol. The van der Waals surface area contributed by atoms with Crippen LogP contribution in [0, 0.1) is 12.8 Å². The van der Waals surface area contributed by atoms with Crippen LogP contribution in [0.15, 0.2) is 24.3 Å². The van der Waals surface area contributed by atoms with Crippen molar-refractivity contribution in [3.63, 3.8) is 0 Å². The van der Waals surface area contributed by atoms with Gasteiger partial charge in [0.2, 0.25) is 11.8 Å². The van der Waals surface area contributed by atoms with Crippen LogP contribution < -0.4 is 10.2 Å². The lowest BCUT2D eigenvalue weighted by atomic mass is 10.1. The van der Waals surface area contributed by atoms with Crippen LogP contribution in [-0.4, -0.2) is 47.5 Å². The first-order valence-corrected chi connectivity index (χ1v) is 9.21. The Balaban J connectivity index is 2.00. The summed E-state index contributed by atoms with van der Waals surface area (Å²) in [5.41, 5.74) is 1.86. The number of hydrogen-bond donors (Lipinski definition) is 2. The SMILES string of the molecule is CSCCC(NC(=O)C1CC(=O)N(c2ccc(C)cc2)C1)C(=O)O. The molecule has 1 saturated heterocycles. The van der Waals surface area contributed by atoms with Crippen LogP contribution >= 0.6 is 11.8 Å². The Bertz CT molecular complexity index is 618. The fourth-order valence-electron chi connectivity index (χ4n) is 2.64. The van der Waals surface area contributed by atoms with E-state index in [0.717, 1.165) is 11.3 Å². The lowest BCUT2D eigenvalue weighted by Gasteiger charge is -2.18. The molecule has 2 atom stereocenters. The fraction of sp³-hybridized carbons (Fsp3) is 0.471. The molecule has 1 fully saturated rings. The van der Waals surface area contributed by atoms with Crippen LogP contribution in [0.1, 0.15) is 18.4 Å². The van der Waals surface area contributed by atoms with Gasteiger partial charge in [-0.1, -0.05) is 17.7 Å². The number of carbonyl (C=O) groups excluding carboxylic acids is 2. The Morgan fingerprint density at radius 2 is 2.04 bits per heavy atom. The second-order valence-electron chi connectivity index (χ2n) is 5.92. The number of nitrogens with one attached hydrogen (secondary N) is 1. The maximum atomic E-state index is 12.3. The van der Waals surface area contributed by atoms with E-state index in [-0.39, 0.29) is 24.8 Å². The van der Waals surface area contributed by atoms with E-state index in [0.29, 0.717) is 12.2 Å². The highest BCUT2D eigenvalue weighted by Crippen LogP contribution is 2.25. The first-order valence-electron chi connectivity index (χ1n) is 7.81. The van der Waals surface area contributed by atoms with Crippen molar-refractivity contribution in [3.05, 3.63) is 29.8 Å². The number of aryl methyl sites for hydroxylation is 1. The third-order valence-corrected chi connectivity index (χ3v) is 4.71. The zero-order valence-corrected chi connectivity index (χ0v) is 14.6. The molecule has 7 heteroatoms. The Hall–Kier alpha value is -2.02. The molecule has 0 spiro atoms. The molecule has 1 heterocycles. The standard InChI is InChI=1S/C17H22N2O4S/c1-11-3-5-13(6-4-11)19-10-12(9-15(19)20)16(21)18-14(17(22)23)7-8-24-2/h3-6,12,14H,7-10H2,1-2H3,(H,18,21)(H,22,23). The van der Waals surface area contributed by atoms with Gasteiger partial charge < -0.3 is 15.3 Å². The van der Waals surface area contributed by atoms with Crippen molar-refractivity contribution in [1.29, 1.82) is 0 Å². The lowest BCUT2D eigenvalue weighted by Crippen LogP contribution is -2.44. The van der Waals surface area contributed by atoms with Crippen LogP contribution in [0.25, 0.3) is 0 Å². The summed E-state index contributed by atoms with van der Waals surface area (Å²) in [5.74, 6) is -1.40. The highest BCUT2D eigenvalue weighted by molar-refractivity contribution is 7.98. The predicted molar refractivity (Wildman–Crippen MR) is 94.2 cm³/mol. The molecule has 1 aliphatic rings. The summed E-state index contributed by atoms with van der Waals surface area (Å²) in [6.07, 6.45) is 2.36. The third kappa shape index (κ3) is 4.50. The second kappa shape index (κ2) is 8.19. The van der Waals surface area contributed by atoms with Gasteiger partial charge in [0.1, 0.15) is 6.04 Å².